The Balaban J connectivity index is 1.21. The normalized spacial score (nSPS) is 17.0. The first-order valence-corrected chi connectivity index (χ1v) is 10.1. The number of aromatic nitrogens is 2. The summed E-state index contributed by atoms with van der Waals surface area (Å²) in [4.78, 5) is 29.6. The topological polar surface area (TPSA) is 67.7 Å². The summed E-state index contributed by atoms with van der Waals surface area (Å²) in [5, 5.41) is 5.80. The molecule has 3 heterocycles. The average Bonchev–Trinajstić information content (AvgIpc) is 2.70. The van der Waals surface area contributed by atoms with Gasteiger partial charge in [-0.15, -0.1) is 0 Å². The van der Waals surface area contributed by atoms with E-state index in [0.29, 0.717) is 5.39 Å². The highest BCUT2D eigenvalue weighted by atomic mass is 16.5. The Morgan fingerprint density at radius 2 is 1.70 bits per heavy atom. The molecule has 0 atom stereocenters. The molecule has 0 saturated carbocycles. The number of anilines is 1. The summed E-state index contributed by atoms with van der Waals surface area (Å²) in [5.74, 6) is 0.801. The number of rotatable bonds is 4. The lowest BCUT2D eigenvalue weighted by Gasteiger charge is -2.61. The molecule has 0 bridgehead atoms. The van der Waals surface area contributed by atoms with Gasteiger partial charge in [0.15, 0.2) is 0 Å². The predicted molar refractivity (Wildman–Crippen MR) is 115 cm³/mol. The van der Waals surface area contributed by atoms with E-state index in [2.05, 4.69) is 22.1 Å². The van der Waals surface area contributed by atoms with Crippen LogP contribution in [-0.4, -0.2) is 53.9 Å². The second kappa shape index (κ2) is 6.86. The molecule has 0 unspecified atom stereocenters. The maximum Gasteiger partial charge on any atom is 0.275 e. The molecule has 2 saturated heterocycles. The third-order valence-corrected chi connectivity index (χ3v) is 6.23. The number of hydrogen-bond donors (Lipinski definition) is 0. The molecule has 2 aliphatic heterocycles. The number of carbonyl (C=O) groups excluding carboxylic acids is 1. The van der Waals surface area contributed by atoms with Crippen LogP contribution in [0.4, 0.5) is 5.69 Å². The van der Waals surface area contributed by atoms with Crippen LogP contribution in [-0.2, 0) is 11.3 Å². The standard InChI is InChI=1S/C23H24N4O3/c1-16-19-5-3-4-6-20(19)22(29)27(24-16)11-21(28)26-14-23(15-26)12-25(13-23)17-7-9-18(30-2)10-8-17/h3-10H,11-15H2,1-2H3. The van der Waals surface area contributed by atoms with Gasteiger partial charge in [-0.2, -0.15) is 5.10 Å². The summed E-state index contributed by atoms with van der Waals surface area (Å²) in [6.07, 6.45) is 0. The molecule has 2 aromatic carbocycles. The van der Waals surface area contributed by atoms with Crippen molar-refractivity contribution in [2.24, 2.45) is 5.41 Å². The van der Waals surface area contributed by atoms with Crippen molar-refractivity contribution in [1.82, 2.24) is 14.7 Å². The van der Waals surface area contributed by atoms with E-state index >= 15 is 0 Å². The summed E-state index contributed by atoms with van der Waals surface area (Å²) >= 11 is 0. The van der Waals surface area contributed by atoms with E-state index in [4.69, 9.17) is 4.74 Å². The first-order chi connectivity index (χ1) is 14.5. The number of likely N-dealkylation sites (tertiary alicyclic amines) is 1. The maximum absolute atomic E-state index is 12.7. The van der Waals surface area contributed by atoms with E-state index in [0.717, 1.165) is 43.0 Å². The Labute approximate surface area is 174 Å². The summed E-state index contributed by atoms with van der Waals surface area (Å²) in [7, 11) is 1.66. The van der Waals surface area contributed by atoms with Crippen molar-refractivity contribution in [3.8, 4) is 5.75 Å². The van der Waals surface area contributed by atoms with Gasteiger partial charge in [0.05, 0.1) is 18.2 Å². The van der Waals surface area contributed by atoms with E-state index in [-0.39, 0.29) is 23.4 Å². The fraction of sp³-hybridized carbons (Fsp3) is 0.348. The van der Waals surface area contributed by atoms with Gasteiger partial charge in [-0.3, -0.25) is 9.59 Å². The molecule has 0 radical (unpaired) electrons. The molecule has 1 amide bonds. The van der Waals surface area contributed by atoms with Crippen LogP contribution in [0.15, 0.2) is 53.3 Å². The molecule has 2 aliphatic rings. The molecular formula is C23H24N4O3. The van der Waals surface area contributed by atoms with Gasteiger partial charge in [-0.05, 0) is 37.3 Å². The van der Waals surface area contributed by atoms with Gasteiger partial charge in [-0.1, -0.05) is 18.2 Å². The van der Waals surface area contributed by atoms with Crippen LogP contribution in [0.2, 0.25) is 0 Å². The number of aryl methyl sites for hydroxylation is 1. The molecule has 0 aliphatic carbocycles. The number of fused-ring (bicyclic) bond motifs is 1. The molecule has 1 aromatic heterocycles. The lowest BCUT2D eigenvalue weighted by Crippen LogP contribution is -2.73. The second-order valence-electron chi connectivity index (χ2n) is 8.40. The van der Waals surface area contributed by atoms with Crippen molar-refractivity contribution < 1.29 is 9.53 Å². The van der Waals surface area contributed by atoms with Gasteiger partial charge in [0, 0.05) is 42.7 Å². The molecule has 7 nitrogen and oxygen atoms in total. The number of nitrogens with zero attached hydrogens (tertiary/aromatic N) is 4. The van der Waals surface area contributed by atoms with Gasteiger partial charge >= 0.3 is 0 Å². The minimum absolute atomic E-state index is 0.0111. The molecule has 30 heavy (non-hydrogen) atoms. The largest absolute Gasteiger partial charge is 0.497 e. The molecular weight excluding hydrogens is 380 g/mol. The maximum atomic E-state index is 12.7. The number of amides is 1. The molecule has 7 heteroatoms. The van der Waals surface area contributed by atoms with Crippen molar-refractivity contribution in [2.75, 3.05) is 38.2 Å². The minimum atomic E-state index is -0.214. The smallest absolute Gasteiger partial charge is 0.275 e. The Morgan fingerprint density at radius 3 is 2.37 bits per heavy atom. The first-order valence-electron chi connectivity index (χ1n) is 10.1. The molecule has 3 aromatic rings. The highest BCUT2D eigenvalue weighted by molar-refractivity contribution is 5.84. The van der Waals surface area contributed by atoms with Crippen LogP contribution < -0.4 is 15.2 Å². The fourth-order valence-corrected chi connectivity index (χ4v) is 4.62. The van der Waals surface area contributed by atoms with Crippen LogP contribution in [0.1, 0.15) is 5.69 Å². The Hall–Kier alpha value is -3.35. The number of ether oxygens (including phenoxy) is 1. The lowest BCUT2D eigenvalue weighted by atomic mass is 9.72. The quantitative estimate of drug-likeness (QED) is 0.666. The van der Waals surface area contributed by atoms with Crippen molar-refractivity contribution in [3.05, 3.63) is 64.6 Å². The zero-order valence-electron chi connectivity index (χ0n) is 17.2. The highest BCUT2D eigenvalue weighted by Gasteiger charge is 2.53. The van der Waals surface area contributed by atoms with Gasteiger partial charge < -0.3 is 14.5 Å². The summed E-state index contributed by atoms with van der Waals surface area (Å²) < 4.78 is 6.51. The van der Waals surface area contributed by atoms with Gasteiger partial charge in [0.2, 0.25) is 5.91 Å². The average molecular weight is 404 g/mol. The van der Waals surface area contributed by atoms with E-state index < -0.39 is 0 Å². The third-order valence-electron chi connectivity index (χ3n) is 6.23. The van der Waals surface area contributed by atoms with Crippen LogP contribution in [0.25, 0.3) is 10.8 Å². The molecule has 2 fully saturated rings. The first kappa shape index (κ1) is 18.7. The van der Waals surface area contributed by atoms with Crippen molar-refractivity contribution in [2.45, 2.75) is 13.5 Å². The fourth-order valence-electron chi connectivity index (χ4n) is 4.62. The third kappa shape index (κ3) is 3.01. The molecule has 5 rings (SSSR count). The van der Waals surface area contributed by atoms with Gasteiger partial charge in [0.25, 0.3) is 5.56 Å². The van der Waals surface area contributed by atoms with Crippen LogP contribution >= 0.6 is 0 Å². The monoisotopic (exact) mass is 404 g/mol. The Morgan fingerprint density at radius 1 is 1.03 bits per heavy atom. The lowest BCUT2D eigenvalue weighted by molar-refractivity contribution is -0.146. The van der Waals surface area contributed by atoms with Gasteiger partial charge in [0.1, 0.15) is 12.3 Å². The van der Waals surface area contributed by atoms with Crippen molar-refractivity contribution in [1.29, 1.82) is 0 Å². The molecule has 0 N–H and O–H groups in total. The zero-order chi connectivity index (χ0) is 20.9. The van der Waals surface area contributed by atoms with Crippen molar-refractivity contribution >= 4 is 22.4 Å². The number of hydrogen-bond acceptors (Lipinski definition) is 5. The van der Waals surface area contributed by atoms with E-state index in [9.17, 15) is 9.59 Å². The number of methoxy groups -OCH3 is 1. The number of benzene rings is 2. The van der Waals surface area contributed by atoms with Gasteiger partial charge in [-0.25, -0.2) is 4.68 Å². The van der Waals surface area contributed by atoms with Crippen LogP contribution in [0.3, 0.4) is 0 Å². The second-order valence-corrected chi connectivity index (χ2v) is 8.40. The minimum Gasteiger partial charge on any atom is -0.497 e. The molecule has 154 valence electrons. The zero-order valence-corrected chi connectivity index (χ0v) is 17.2. The Bertz CT molecular complexity index is 1170. The number of carbonyl (C=O) groups is 1. The van der Waals surface area contributed by atoms with Crippen molar-refractivity contribution in [3.63, 3.8) is 0 Å². The van der Waals surface area contributed by atoms with E-state index in [1.807, 2.05) is 42.2 Å². The van der Waals surface area contributed by atoms with Crippen LogP contribution in [0, 0.1) is 12.3 Å². The summed E-state index contributed by atoms with van der Waals surface area (Å²) in [5.41, 5.74) is 1.89. The summed E-state index contributed by atoms with van der Waals surface area (Å²) in [6, 6.07) is 15.4. The highest BCUT2D eigenvalue weighted by Crippen LogP contribution is 2.42. The summed E-state index contributed by atoms with van der Waals surface area (Å²) in [6.45, 7) is 5.21. The van der Waals surface area contributed by atoms with E-state index in [1.54, 1.807) is 13.2 Å². The molecule has 1 spiro atoms. The van der Waals surface area contributed by atoms with E-state index in [1.165, 1.54) is 10.4 Å². The SMILES string of the molecule is COc1ccc(N2CC3(CN(C(=O)Cn4nc(C)c5ccccc5c4=O)C3)C2)cc1. The van der Waals surface area contributed by atoms with Crippen LogP contribution in [0.5, 0.6) is 5.75 Å². The Kier molecular flexibility index (Phi) is 4.27. The predicted octanol–water partition coefficient (Wildman–Crippen LogP) is 2.06.